The van der Waals surface area contributed by atoms with E-state index in [0.29, 0.717) is 5.56 Å². The quantitative estimate of drug-likeness (QED) is 0.594. The van der Waals surface area contributed by atoms with Crippen LogP contribution in [-0.4, -0.2) is 34.6 Å². The number of aliphatic imine (C=N–C) groups is 1. The predicted molar refractivity (Wildman–Crippen MR) is 105 cm³/mol. The van der Waals surface area contributed by atoms with Crippen LogP contribution in [0.2, 0.25) is 0 Å². The van der Waals surface area contributed by atoms with Gasteiger partial charge in [-0.25, -0.2) is 0 Å². The molecule has 1 aromatic carbocycles. The number of carbonyl (C=O) groups excluding carboxylic acids is 1. The molecule has 25 heavy (non-hydrogen) atoms. The summed E-state index contributed by atoms with van der Waals surface area (Å²) in [7, 11) is 0. The van der Waals surface area contributed by atoms with E-state index in [1.807, 2.05) is 0 Å². The van der Waals surface area contributed by atoms with Crippen molar-refractivity contribution in [3.05, 3.63) is 69.7 Å². The third-order valence-electron chi connectivity index (χ3n) is 4.07. The zero-order valence-electron chi connectivity index (χ0n) is 13.5. The van der Waals surface area contributed by atoms with E-state index in [1.54, 1.807) is 30.6 Å². The summed E-state index contributed by atoms with van der Waals surface area (Å²) in [6.07, 6.45) is 4.85. The first-order chi connectivity index (χ1) is 11.6. The Morgan fingerprint density at radius 2 is 2.24 bits per heavy atom. The average Bonchev–Trinajstić information content (AvgIpc) is 3.07. The molecule has 0 radical (unpaired) electrons. The number of amidine groups is 1. The minimum atomic E-state index is -0.0801. The fraction of sp³-hybridized carbons (Fsp3) is 0.167. The molecule has 5 nitrogen and oxygen atoms in total. The Morgan fingerprint density at radius 3 is 3.00 bits per heavy atom. The molecule has 4 rings (SSSR count). The molecule has 7 heteroatoms. The number of benzene rings is 1. The van der Waals surface area contributed by atoms with Crippen LogP contribution in [0.1, 0.15) is 21.5 Å². The number of carbonyl (C=O) groups is 1. The summed E-state index contributed by atoms with van der Waals surface area (Å²) in [5.74, 6) is 1.58. The Kier molecular flexibility index (Phi) is 4.92. The maximum atomic E-state index is 12.5. The lowest BCUT2D eigenvalue weighted by Gasteiger charge is -2.32. The first kappa shape index (κ1) is 17.6. The van der Waals surface area contributed by atoms with Crippen LogP contribution in [0.15, 0.2) is 58.0 Å². The summed E-state index contributed by atoms with van der Waals surface area (Å²) in [6, 6.07) is 7.69. The highest BCUT2D eigenvalue weighted by atomic mass is 79.9. The van der Waals surface area contributed by atoms with Crippen LogP contribution in [-0.2, 0) is 0 Å². The third kappa shape index (κ3) is 3.19. The number of fused-ring (bicyclic) bond motifs is 3. The van der Waals surface area contributed by atoms with Gasteiger partial charge in [-0.1, -0.05) is 0 Å². The normalized spacial score (nSPS) is 16.5. The van der Waals surface area contributed by atoms with Gasteiger partial charge in [0.1, 0.15) is 11.7 Å². The van der Waals surface area contributed by atoms with Gasteiger partial charge in [0, 0.05) is 40.6 Å². The first-order valence-corrected chi connectivity index (χ1v) is 8.48. The van der Waals surface area contributed by atoms with E-state index in [4.69, 9.17) is 0 Å². The van der Waals surface area contributed by atoms with Gasteiger partial charge in [-0.05, 0) is 52.7 Å². The zero-order chi connectivity index (χ0) is 16.7. The fourth-order valence-corrected chi connectivity index (χ4v) is 3.66. The van der Waals surface area contributed by atoms with Gasteiger partial charge in [0.2, 0.25) is 0 Å². The molecule has 0 amide bonds. The second-order valence-electron chi connectivity index (χ2n) is 5.79. The van der Waals surface area contributed by atoms with E-state index in [2.05, 4.69) is 55.2 Å². The van der Waals surface area contributed by atoms with Crippen molar-refractivity contribution in [1.29, 1.82) is 0 Å². The largest absolute Gasteiger partial charge is 0.340 e. The molecule has 2 aliphatic heterocycles. The molecule has 128 valence electrons. The van der Waals surface area contributed by atoms with Crippen LogP contribution in [0.5, 0.6) is 0 Å². The number of nitrogens with zero attached hydrogens (tertiary/aromatic N) is 3. The summed E-state index contributed by atoms with van der Waals surface area (Å²) in [5.41, 5.74) is 3.74. The highest BCUT2D eigenvalue weighted by Gasteiger charge is 2.31. The van der Waals surface area contributed by atoms with Crippen LogP contribution in [0.4, 0.5) is 5.69 Å². The van der Waals surface area contributed by atoms with Crippen LogP contribution in [0.25, 0.3) is 0 Å². The highest BCUT2D eigenvalue weighted by Crippen LogP contribution is 2.36. The molecule has 0 saturated carbocycles. The molecule has 0 saturated heterocycles. The first-order valence-electron chi connectivity index (χ1n) is 7.69. The summed E-state index contributed by atoms with van der Waals surface area (Å²) >= 11 is 3.61. The SMILES string of the molecule is Cc1cc(Br)c2c(c1)C1=NCCN1C(=CC(=O)c1cccnc1)N2.Cl. The second kappa shape index (κ2) is 6.98. The number of hydrogen-bond donors (Lipinski definition) is 1. The molecule has 0 fully saturated rings. The van der Waals surface area contributed by atoms with Gasteiger partial charge in [-0.2, -0.15) is 0 Å². The van der Waals surface area contributed by atoms with Crippen molar-refractivity contribution in [3.63, 3.8) is 0 Å². The Hall–Kier alpha value is -2.18. The van der Waals surface area contributed by atoms with Crippen molar-refractivity contribution in [1.82, 2.24) is 9.88 Å². The van der Waals surface area contributed by atoms with Crippen LogP contribution in [0, 0.1) is 6.92 Å². The van der Waals surface area contributed by atoms with E-state index in [-0.39, 0.29) is 18.2 Å². The predicted octanol–water partition coefficient (Wildman–Crippen LogP) is 3.79. The Bertz CT molecular complexity index is 895. The smallest absolute Gasteiger partial charge is 0.191 e. The van der Waals surface area contributed by atoms with Gasteiger partial charge < -0.3 is 10.2 Å². The van der Waals surface area contributed by atoms with Crippen molar-refractivity contribution in [2.75, 3.05) is 18.4 Å². The number of halogens is 2. The van der Waals surface area contributed by atoms with Crippen LogP contribution in [0.3, 0.4) is 0 Å². The van der Waals surface area contributed by atoms with Gasteiger partial charge in [0.05, 0.1) is 12.2 Å². The van der Waals surface area contributed by atoms with Gasteiger partial charge in [-0.15, -0.1) is 12.4 Å². The Balaban J connectivity index is 0.00000182. The molecule has 0 spiro atoms. The molecular weight excluding hydrogens is 404 g/mol. The Morgan fingerprint density at radius 1 is 1.40 bits per heavy atom. The van der Waals surface area contributed by atoms with Crippen molar-refractivity contribution >= 4 is 45.6 Å². The van der Waals surface area contributed by atoms with Crippen molar-refractivity contribution in [3.8, 4) is 0 Å². The summed E-state index contributed by atoms with van der Waals surface area (Å²) in [6.45, 7) is 3.54. The molecule has 0 aliphatic carbocycles. The standard InChI is InChI=1S/C18H15BrN4O.ClH/c1-11-7-13-17(14(19)8-11)22-16(23-6-5-21-18(13)23)9-15(24)12-3-2-4-20-10-12;/h2-4,7-10,22H,5-6H2,1H3;1H. The molecule has 0 bridgehead atoms. The van der Waals surface area contributed by atoms with E-state index >= 15 is 0 Å². The number of aromatic nitrogens is 1. The zero-order valence-corrected chi connectivity index (χ0v) is 15.9. The van der Waals surface area contributed by atoms with Gasteiger partial charge >= 0.3 is 0 Å². The van der Waals surface area contributed by atoms with E-state index < -0.39 is 0 Å². The number of ketones is 1. The molecule has 2 aliphatic rings. The van der Waals surface area contributed by atoms with Gasteiger partial charge in [0.15, 0.2) is 5.78 Å². The maximum Gasteiger partial charge on any atom is 0.191 e. The fourth-order valence-electron chi connectivity index (χ4n) is 2.98. The monoisotopic (exact) mass is 418 g/mol. The lowest BCUT2D eigenvalue weighted by Crippen LogP contribution is -2.36. The number of hydrogen-bond acceptors (Lipinski definition) is 5. The molecular formula is C18H16BrClN4O. The number of rotatable bonds is 2. The van der Waals surface area contributed by atoms with Crippen molar-refractivity contribution < 1.29 is 4.79 Å². The van der Waals surface area contributed by atoms with Gasteiger partial charge in [-0.3, -0.25) is 14.8 Å². The lowest BCUT2D eigenvalue weighted by atomic mass is 10.0. The van der Waals surface area contributed by atoms with Crippen LogP contribution < -0.4 is 5.32 Å². The summed E-state index contributed by atoms with van der Waals surface area (Å²) in [4.78, 5) is 23.2. The Labute approximate surface area is 160 Å². The number of anilines is 1. The molecule has 0 unspecified atom stereocenters. The number of aryl methyl sites for hydroxylation is 1. The minimum Gasteiger partial charge on any atom is -0.340 e. The number of nitrogens with one attached hydrogen (secondary N) is 1. The van der Waals surface area contributed by atoms with E-state index in [9.17, 15) is 4.79 Å². The molecule has 0 atom stereocenters. The summed E-state index contributed by atoms with van der Waals surface area (Å²) < 4.78 is 0.964. The van der Waals surface area contributed by atoms with E-state index in [0.717, 1.165) is 46.0 Å². The van der Waals surface area contributed by atoms with E-state index in [1.165, 1.54) is 0 Å². The summed E-state index contributed by atoms with van der Waals surface area (Å²) in [5, 5.41) is 3.38. The van der Waals surface area contributed by atoms with Crippen LogP contribution >= 0.6 is 28.3 Å². The second-order valence-corrected chi connectivity index (χ2v) is 6.64. The third-order valence-corrected chi connectivity index (χ3v) is 4.70. The molecule has 1 aromatic heterocycles. The maximum absolute atomic E-state index is 12.5. The highest BCUT2D eigenvalue weighted by molar-refractivity contribution is 9.10. The lowest BCUT2D eigenvalue weighted by molar-refractivity contribution is 0.104. The molecule has 1 N–H and O–H groups in total. The number of pyridine rings is 1. The topological polar surface area (TPSA) is 57.6 Å². The number of allylic oxidation sites excluding steroid dienone is 1. The molecule has 2 aromatic rings. The van der Waals surface area contributed by atoms with Crippen molar-refractivity contribution in [2.24, 2.45) is 4.99 Å². The minimum absolute atomic E-state index is 0. The van der Waals surface area contributed by atoms with Gasteiger partial charge in [0.25, 0.3) is 0 Å². The molecule has 3 heterocycles. The van der Waals surface area contributed by atoms with Crippen molar-refractivity contribution in [2.45, 2.75) is 6.92 Å². The average molecular weight is 420 g/mol.